The van der Waals surface area contributed by atoms with Crippen molar-refractivity contribution in [2.45, 2.75) is 187 Å². The molecule has 8 aromatic carbocycles. The second kappa shape index (κ2) is 18.1. The second-order valence-electron chi connectivity index (χ2n) is 30.1. The van der Waals surface area contributed by atoms with Gasteiger partial charge in [0.2, 0.25) is 0 Å². The number of fused-ring (bicyclic) bond motifs is 8. The molecule has 0 N–H and O–H groups in total. The smallest absolute Gasteiger partial charge is 0.252 e. The van der Waals surface area contributed by atoms with E-state index in [4.69, 9.17) is 0 Å². The first-order chi connectivity index (χ1) is 38.2. The van der Waals surface area contributed by atoms with Crippen LogP contribution in [0.4, 0.5) is 45.5 Å². The van der Waals surface area contributed by atoms with Crippen molar-refractivity contribution < 1.29 is 0 Å². The van der Waals surface area contributed by atoms with E-state index < -0.39 is 0 Å². The van der Waals surface area contributed by atoms with E-state index in [-0.39, 0.29) is 44.7 Å². The molecule has 1 saturated carbocycles. The minimum Gasteiger partial charge on any atom is -0.334 e. The number of rotatable bonds is 5. The fourth-order valence-electron chi connectivity index (χ4n) is 15.5. The third kappa shape index (κ3) is 8.25. The van der Waals surface area contributed by atoms with Crippen molar-refractivity contribution in [1.29, 1.82) is 0 Å². The highest BCUT2D eigenvalue weighted by Gasteiger charge is 2.58. The lowest BCUT2D eigenvalue weighted by atomic mass is 9.33. The molecule has 0 saturated heterocycles. The number of hydrogen-bond acceptors (Lipinski definition) is 3. The van der Waals surface area contributed by atoms with Crippen LogP contribution in [0.25, 0.3) is 22.3 Å². The molecule has 8 aromatic rings. The quantitative estimate of drug-likeness (QED) is 0.159. The molecule has 81 heavy (non-hydrogen) atoms. The Morgan fingerprint density at radius 1 is 0.395 bits per heavy atom. The van der Waals surface area contributed by atoms with E-state index in [1.807, 2.05) is 0 Å². The molecule has 2 unspecified atom stereocenters. The number of hydrogen-bond donors (Lipinski definition) is 0. The van der Waals surface area contributed by atoms with Crippen molar-refractivity contribution in [3.05, 3.63) is 197 Å². The van der Waals surface area contributed by atoms with Gasteiger partial charge in [0, 0.05) is 50.8 Å². The number of anilines is 8. The van der Waals surface area contributed by atoms with E-state index in [9.17, 15) is 0 Å². The second-order valence-corrected chi connectivity index (χ2v) is 30.1. The SMILES string of the molecule is Cc1ccccc1-c1ccc2c(c1)C1(C)CCCCC1(C)N2c1ccc2c(c1)N(c1ccc(C(C)(C)C)cc1)c1cc(C(C)(C)C)cc3c1B2c1cc2c(cc1N3c1ccc(C(C)(C)C)cc1-c1ccccc1)C(C)(C)CCC2(C)C. The summed E-state index contributed by atoms with van der Waals surface area (Å²) in [4.78, 5) is 8.22. The van der Waals surface area contributed by atoms with Crippen LogP contribution in [-0.4, -0.2) is 12.3 Å². The third-order valence-electron chi connectivity index (χ3n) is 20.9. The van der Waals surface area contributed by atoms with Crippen molar-refractivity contribution in [1.82, 2.24) is 0 Å². The molecule has 0 radical (unpaired) electrons. The molecular formula is C77H86BN3. The van der Waals surface area contributed by atoms with Crippen molar-refractivity contribution in [2.75, 3.05) is 14.7 Å². The molecular weight excluding hydrogens is 978 g/mol. The number of aryl methyl sites for hydroxylation is 1. The van der Waals surface area contributed by atoms with Gasteiger partial charge in [-0.25, -0.2) is 0 Å². The zero-order valence-electron chi connectivity index (χ0n) is 51.7. The molecule has 4 heteroatoms. The van der Waals surface area contributed by atoms with Crippen molar-refractivity contribution >= 4 is 68.6 Å². The highest BCUT2D eigenvalue weighted by Crippen LogP contribution is 2.62. The molecule has 0 amide bonds. The van der Waals surface area contributed by atoms with E-state index in [0.29, 0.717) is 0 Å². The molecule has 1 fully saturated rings. The third-order valence-corrected chi connectivity index (χ3v) is 20.9. The van der Waals surface area contributed by atoms with Crippen molar-refractivity contribution in [3.8, 4) is 22.3 Å². The normalized spacial score (nSPS) is 20.5. The minimum atomic E-state index is -0.159. The average Bonchev–Trinajstić information content (AvgIpc) is 3.95. The van der Waals surface area contributed by atoms with Gasteiger partial charge in [-0.1, -0.05) is 201 Å². The summed E-state index contributed by atoms with van der Waals surface area (Å²) in [5.41, 5.74) is 28.9. The number of benzene rings is 8. The van der Waals surface area contributed by atoms with Gasteiger partial charge in [0.25, 0.3) is 6.71 Å². The summed E-state index contributed by atoms with van der Waals surface area (Å²) in [6.07, 6.45) is 7.09. The van der Waals surface area contributed by atoms with Gasteiger partial charge in [-0.05, 0) is 205 Å². The largest absolute Gasteiger partial charge is 0.334 e. The van der Waals surface area contributed by atoms with Gasteiger partial charge in [0.1, 0.15) is 0 Å². The van der Waals surface area contributed by atoms with Crippen LogP contribution in [-0.2, 0) is 32.5 Å². The van der Waals surface area contributed by atoms with Crippen LogP contribution >= 0.6 is 0 Å². The zero-order chi connectivity index (χ0) is 57.1. The molecule has 412 valence electrons. The van der Waals surface area contributed by atoms with Gasteiger partial charge >= 0.3 is 0 Å². The lowest BCUT2D eigenvalue weighted by Gasteiger charge is -2.51. The van der Waals surface area contributed by atoms with E-state index in [1.165, 1.54) is 142 Å². The molecule has 3 aliphatic heterocycles. The topological polar surface area (TPSA) is 9.72 Å². The van der Waals surface area contributed by atoms with Crippen LogP contribution in [0.1, 0.15) is 181 Å². The Morgan fingerprint density at radius 3 is 1.64 bits per heavy atom. The molecule has 0 aromatic heterocycles. The van der Waals surface area contributed by atoms with Crippen LogP contribution in [0.2, 0.25) is 0 Å². The predicted molar refractivity (Wildman–Crippen MR) is 350 cm³/mol. The number of nitrogens with zero attached hydrogens (tertiary/aromatic N) is 3. The van der Waals surface area contributed by atoms with Gasteiger partial charge in [-0.15, -0.1) is 0 Å². The van der Waals surface area contributed by atoms with Gasteiger partial charge in [0.15, 0.2) is 0 Å². The van der Waals surface area contributed by atoms with E-state index >= 15 is 0 Å². The molecule has 3 heterocycles. The van der Waals surface area contributed by atoms with Gasteiger partial charge in [0.05, 0.1) is 11.2 Å². The minimum absolute atomic E-state index is 0.00836. The predicted octanol–water partition coefficient (Wildman–Crippen LogP) is 19.4. The van der Waals surface area contributed by atoms with E-state index in [1.54, 1.807) is 0 Å². The van der Waals surface area contributed by atoms with Gasteiger partial charge in [-0.2, -0.15) is 0 Å². The van der Waals surface area contributed by atoms with Crippen molar-refractivity contribution in [3.63, 3.8) is 0 Å². The Bertz CT molecular complexity index is 3840. The first-order valence-electron chi connectivity index (χ1n) is 30.6. The lowest BCUT2D eigenvalue weighted by molar-refractivity contribution is 0.195. The van der Waals surface area contributed by atoms with E-state index in [0.717, 1.165) is 19.3 Å². The Balaban J connectivity index is 1.13. The highest BCUT2D eigenvalue weighted by atomic mass is 15.3. The molecule has 5 aliphatic rings. The molecule has 0 bridgehead atoms. The van der Waals surface area contributed by atoms with Gasteiger partial charge in [-0.3, -0.25) is 0 Å². The molecule has 13 rings (SSSR count). The monoisotopic (exact) mass is 1060 g/mol. The average molecular weight is 1060 g/mol. The summed E-state index contributed by atoms with van der Waals surface area (Å²) < 4.78 is 0. The van der Waals surface area contributed by atoms with Gasteiger partial charge < -0.3 is 14.7 Å². The van der Waals surface area contributed by atoms with Crippen molar-refractivity contribution in [2.24, 2.45) is 0 Å². The van der Waals surface area contributed by atoms with Crippen LogP contribution in [0, 0.1) is 6.92 Å². The van der Waals surface area contributed by atoms with E-state index in [2.05, 4.69) is 283 Å². The molecule has 0 spiro atoms. The Hall–Kier alpha value is -6.78. The maximum atomic E-state index is 2.81. The maximum absolute atomic E-state index is 2.81. The van der Waals surface area contributed by atoms with Crippen LogP contribution in [0.3, 0.4) is 0 Å². The highest BCUT2D eigenvalue weighted by molar-refractivity contribution is 7.00. The molecule has 3 nitrogen and oxygen atoms in total. The van der Waals surface area contributed by atoms with Crippen LogP contribution in [0.5, 0.6) is 0 Å². The standard InChI is InChI=1S/C77H86BN3/c1-49-24-20-21-27-57(49)51-28-36-65-61(42-51)76(15)38-22-23-39-77(76,16)81(65)56-34-35-62-66(46-56)79(55-32-29-52(30-33-55)71(2,3)4)68-44-54(73(8,9)10)45-69-70(68)78(62)63-47-59-60(75(13,14)41-40-74(59,11)12)48-67(63)80(69)64-37-31-53(72(5,6)7)43-58(64)50-25-18-17-19-26-50/h17-21,24-37,42-48H,22-23,38-41H2,1-16H3. The molecule has 2 aliphatic carbocycles. The first kappa shape index (κ1) is 53.5. The maximum Gasteiger partial charge on any atom is 0.252 e. The summed E-state index contributed by atoms with van der Waals surface area (Å²) in [6.45, 7) is 38.7. The Morgan fingerprint density at radius 2 is 0.975 bits per heavy atom. The van der Waals surface area contributed by atoms with Crippen LogP contribution in [0.15, 0.2) is 158 Å². The van der Waals surface area contributed by atoms with Crippen LogP contribution < -0.4 is 31.1 Å². The fourth-order valence-corrected chi connectivity index (χ4v) is 15.5. The fraction of sp³-hybridized carbons (Fsp3) is 0.377. The Kier molecular flexibility index (Phi) is 12.0. The Labute approximate surface area is 486 Å². The first-order valence-corrected chi connectivity index (χ1v) is 30.6. The summed E-state index contributed by atoms with van der Waals surface area (Å²) in [5, 5.41) is 0. The molecule has 2 atom stereocenters. The summed E-state index contributed by atoms with van der Waals surface area (Å²) in [5.74, 6) is 0. The summed E-state index contributed by atoms with van der Waals surface area (Å²) in [6, 6.07) is 62.8. The zero-order valence-corrected chi connectivity index (χ0v) is 51.7. The lowest BCUT2D eigenvalue weighted by Crippen LogP contribution is -2.62. The summed E-state index contributed by atoms with van der Waals surface area (Å²) >= 11 is 0. The summed E-state index contributed by atoms with van der Waals surface area (Å²) in [7, 11) is 0.